The maximum Gasteiger partial charge on any atom is 0.257 e. The van der Waals surface area contributed by atoms with Gasteiger partial charge in [-0.15, -0.1) is 0 Å². The van der Waals surface area contributed by atoms with Gasteiger partial charge in [0, 0.05) is 32.1 Å². The number of amides is 1. The summed E-state index contributed by atoms with van der Waals surface area (Å²) in [5, 5.41) is 2.55. The predicted molar refractivity (Wildman–Crippen MR) is 73.9 cm³/mol. The van der Waals surface area contributed by atoms with Crippen molar-refractivity contribution in [2.75, 3.05) is 19.4 Å². The molecular weight excluding hydrogens is 280 g/mol. The third-order valence-corrected chi connectivity index (χ3v) is 4.45. The molecule has 0 saturated carbocycles. The molecule has 0 aliphatic heterocycles. The largest absolute Gasteiger partial charge is 0.331 e. The number of hydrogen-bond acceptors (Lipinski definition) is 4. The molecule has 20 heavy (non-hydrogen) atoms. The second-order valence-electron chi connectivity index (χ2n) is 4.20. The van der Waals surface area contributed by atoms with Gasteiger partial charge in [-0.3, -0.25) is 10.1 Å². The van der Waals surface area contributed by atoms with Crippen LogP contribution < -0.4 is 5.32 Å². The van der Waals surface area contributed by atoms with E-state index in [1.165, 1.54) is 44.6 Å². The van der Waals surface area contributed by atoms with E-state index in [1.54, 1.807) is 6.20 Å². The van der Waals surface area contributed by atoms with Gasteiger partial charge in [0.25, 0.3) is 5.91 Å². The van der Waals surface area contributed by atoms with E-state index in [-0.39, 0.29) is 10.8 Å². The van der Waals surface area contributed by atoms with Crippen LogP contribution >= 0.6 is 0 Å². The second kappa shape index (κ2) is 5.43. The summed E-state index contributed by atoms with van der Waals surface area (Å²) >= 11 is 0. The first kappa shape index (κ1) is 14.2. The highest BCUT2D eigenvalue weighted by molar-refractivity contribution is 7.89. The standard InChI is InChI=1S/C12H14N4O3S/c1-16(2)20(18,19)10-5-3-9(4-6-10)11(17)15-12-13-7-8-14-12/h3-8H,1-2H3,(H2,13,14,15,17). The molecule has 0 fully saturated rings. The molecular formula is C12H14N4O3S. The molecule has 2 N–H and O–H groups in total. The molecule has 0 radical (unpaired) electrons. The number of H-pyrrole nitrogens is 1. The number of rotatable bonds is 4. The van der Waals surface area contributed by atoms with Crippen molar-refractivity contribution in [1.82, 2.24) is 14.3 Å². The number of carbonyl (C=O) groups is 1. The summed E-state index contributed by atoms with van der Waals surface area (Å²) in [6, 6.07) is 5.70. The smallest absolute Gasteiger partial charge is 0.257 e. The van der Waals surface area contributed by atoms with Crippen LogP contribution in [0.5, 0.6) is 0 Å². The number of hydrogen-bond donors (Lipinski definition) is 2. The molecule has 0 saturated heterocycles. The number of carbonyl (C=O) groups excluding carboxylic acids is 1. The third kappa shape index (κ3) is 2.86. The van der Waals surface area contributed by atoms with E-state index in [2.05, 4.69) is 15.3 Å². The first-order chi connectivity index (χ1) is 9.41. The van der Waals surface area contributed by atoms with E-state index in [0.29, 0.717) is 11.5 Å². The van der Waals surface area contributed by atoms with Crippen LogP contribution in [0.3, 0.4) is 0 Å². The summed E-state index contributed by atoms with van der Waals surface area (Å²) in [5.41, 5.74) is 0.346. The topological polar surface area (TPSA) is 95.2 Å². The highest BCUT2D eigenvalue weighted by atomic mass is 32.2. The Morgan fingerprint density at radius 1 is 1.25 bits per heavy atom. The summed E-state index contributed by atoms with van der Waals surface area (Å²) in [5.74, 6) is -0.0336. The van der Waals surface area contributed by atoms with Gasteiger partial charge < -0.3 is 4.98 Å². The van der Waals surface area contributed by atoms with E-state index in [4.69, 9.17) is 0 Å². The zero-order valence-corrected chi connectivity index (χ0v) is 11.8. The molecule has 0 spiro atoms. The maximum atomic E-state index is 11.9. The lowest BCUT2D eigenvalue weighted by atomic mass is 10.2. The number of nitrogens with zero attached hydrogens (tertiary/aromatic N) is 2. The summed E-state index contributed by atoms with van der Waals surface area (Å²) in [4.78, 5) is 18.6. The van der Waals surface area contributed by atoms with Crippen LogP contribution in [-0.2, 0) is 10.0 Å². The fraction of sp³-hybridized carbons (Fsp3) is 0.167. The number of anilines is 1. The molecule has 0 aliphatic rings. The van der Waals surface area contributed by atoms with Crippen LogP contribution in [0.1, 0.15) is 10.4 Å². The Kier molecular flexibility index (Phi) is 3.86. The van der Waals surface area contributed by atoms with Gasteiger partial charge >= 0.3 is 0 Å². The van der Waals surface area contributed by atoms with Crippen LogP contribution in [0.4, 0.5) is 5.95 Å². The Morgan fingerprint density at radius 2 is 1.90 bits per heavy atom. The number of benzene rings is 1. The number of aromatic nitrogens is 2. The van der Waals surface area contributed by atoms with Gasteiger partial charge in [-0.2, -0.15) is 0 Å². The van der Waals surface area contributed by atoms with Crippen molar-refractivity contribution >= 4 is 21.9 Å². The van der Waals surface area contributed by atoms with E-state index >= 15 is 0 Å². The van der Waals surface area contributed by atoms with Gasteiger partial charge in [0.2, 0.25) is 16.0 Å². The predicted octanol–water partition coefficient (Wildman–Crippen LogP) is 0.912. The Balaban J connectivity index is 2.18. The van der Waals surface area contributed by atoms with Gasteiger partial charge in [0.1, 0.15) is 0 Å². The molecule has 0 aliphatic carbocycles. The minimum atomic E-state index is -3.49. The Morgan fingerprint density at radius 3 is 2.40 bits per heavy atom. The van der Waals surface area contributed by atoms with E-state index in [0.717, 1.165) is 4.31 Å². The normalized spacial score (nSPS) is 11.6. The first-order valence-corrected chi connectivity index (χ1v) is 7.18. The molecule has 0 atom stereocenters. The van der Waals surface area contributed by atoms with Gasteiger partial charge in [0.15, 0.2) is 0 Å². The number of aromatic amines is 1. The van der Waals surface area contributed by atoms with Crippen LogP contribution in [0.15, 0.2) is 41.6 Å². The van der Waals surface area contributed by atoms with Gasteiger partial charge in [-0.1, -0.05) is 0 Å². The Hall–Kier alpha value is -2.19. The minimum Gasteiger partial charge on any atom is -0.331 e. The molecule has 1 aromatic heterocycles. The van der Waals surface area contributed by atoms with Crippen molar-refractivity contribution in [3.05, 3.63) is 42.2 Å². The van der Waals surface area contributed by atoms with Gasteiger partial charge in [0.05, 0.1) is 4.90 Å². The van der Waals surface area contributed by atoms with Gasteiger partial charge in [-0.25, -0.2) is 17.7 Å². The molecule has 7 nitrogen and oxygen atoms in total. The van der Waals surface area contributed by atoms with Crippen LogP contribution in [-0.4, -0.2) is 42.7 Å². The van der Waals surface area contributed by atoms with Crippen LogP contribution in [0.2, 0.25) is 0 Å². The molecule has 0 bridgehead atoms. The Labute approximate surface area is 116 Å². The SMILES string of the molecule is CN(C)S(=O)(=O)c1ccc(C(=O)Nc2ncc[nH]2)cc1. The summed E-state index contributed by atoms with van der Waals surface area (Å²) in [6.07, 6.45) is 3.10. The molecule has 2 aromatic rings. The van der Waals surface area contributed by atoms with Crippen LogP contribution in [0.25, 0.3) is 0 Å². The monoisotopic (exact) mass is 294 g/mol. The van der Waals surface area contributed by atoms with Crippen molar-refractivity contribution in [2.45, 2.75) is 4.90 Å². The fourth-order valence-corrected chi connectivity index (χ4v) is 2.40. The van der Waals surface area contributed by atoms with Crippen molar-refractivity contribution < 1.29 is 13.2 Å². The van der Waals surface area contributed by atoms with Crippen LogP contribution in [0, 0.1) is 0 Å². The minimum absolute atomic E-state index is 0.136. The quantitative estimate of drug-likeness (QED) is 0.876. The maximum absolute atomic E-state index is 11.9. The number of nitrogens with one attached hydrogen (secondary N) is 2. The molecule has 8 heteroatoms. The van der Waals surface area contributed by atoms with Crippen molar-refractivity contribution in [3.8, 4) is 0 Å². The van der Waals surface area contributed by atoms with Crippen molar-refractivity contribution in [1.29, 1.82) is 0 Å². The fourth-order valence-electron chi connectivity index (χ4n) is 1.50. The second-order valence-corrected chi connectivity index (χ2v) is 6.36. The zero-order chi connectivity index (χ0) is 14.8. The first-order valence-electron chi connectivity index (χ1n) is 5.74. The number of sulfonamides is 1. The highest BCUT2D eigenvalue weighted by Gasteiger charge is 2.17. The molecule has 1 heterocycles. The van der Waals surface area contributed by atoms with Crippen molar-refractivity contribution in [2.24, 2.45) is 0 Å². The molecule has 1 amide bonds. The van der Waals surface area contributed by atoms with E-state index in [9.17, 15) is 13.2 Å². The van der Waals surface area contributed by atoms with E-state index < -0.39 is 10.0 Å². The summed E-state index contributed by atoms with van der Waals surface area (Å²) < 4.78 is 24.9. The lowest BCUT2D eigenvalue weighted by Crippen LogP contribution is -2.22. The lowest BCUT2D eigenvalue weighted by Gasteiger charge is -2.11. The Bertz CT molecular complexity index is 691. The molecule has 2 rings (SSSR count). The molecule has 1 aromatic carbocycles. The van der Waals surface area contributed by atoms with E-state index in [1.807, 2.05) is 0 Å². The average molecular weight is 294 g/mol. The highest BCUT2D eigenvalue weighted by Crippen LogP contribution is 2.14. The summed E-state index contributed by atoms with van der Waals surface area (Å²) in [7, 11) is -0.584. The lowest BCUT2D eigenvalue weighted by molar-refractivity contribution is 0.102. The number of imidazole rings is 1. The summed E-state index contributed by atoms with van der Waals surface area (Å²) in [6.45, 7) is 0. The molecule has 106 valence electrons. The van der Waals surface area contributed by atoms with Crippen molar-refractivity contribution in [3.63, 3.8) is 0 Å². The zero-order valence-electron chi connectivity index (χ0n) is 11.0. The average Bonchev–Trinajstić information content (AvgIpc) is 2.91. The molecule has 0 unspecified atom stereocenters. The third-order valence-electron chi connectivity index (χ3n) is 2.63. The van der Waals surface area contributed by atoms with Gasteiger partial charge in [-0.05, 0) is 24.3 Å².